The Labute approximate surface area is 105 Å². The SMILES string of the molecule is CC(C)(CCO)CNc1ncc(S(N)(=O)=O)s1. The highest BCUT2D eigenvalue weighted by atomic mass is 32.2. The number of primary sulfonamides is 1. The van der Waals surface area contributed by atoms with Crippen molar-refractivity contribution in [1.82, 2.24) is 4.98 Å². The van der Waals surface area contributed by atoms with Gasteiger partial charge in [-0.2, -0.15) is 0 Å². The summed E-state index contributed by atoms with van der Waals surface area (Å²) in [7, 11) is -3.67. The summed E-state index contributed by atoms with van der Waals surface area (Å²) in [6.07, 6.45) is 1.90. The molecule has 0 atom stereocenters. The number of sulfonamides is 1. The first-order chi connectivity index (χ1) is 7.74. The molecule has 8 heteroatoms. The molecule has 17 heavy (non-hydrogen) atoms. The van der Waals surface area contributed by atoms with Gasteiger partial charge in [0, 0.05) is 13.2 Å². The van der Waals surface area contributed by atoms with Crippen molar-refractivity contribution in [3.05, 3.63) is 6.20 Å². The zero-order valence-corrected chi connectivity index (χ0v) is 11.4. The van der Waals surface area contributed by atoms with Crippen LogP contribution >= 0.6 is 11.3 Å². The number of hydrogen-bond acceptors (Lipinski definition) is 6. The van der Waals surface area contributed by atoms with Crippen LogP contribution < -0.4 is 10.5 Å². The van der Waals surface area contributed by atoms with Crippen LogP contribution in [0, 0.1) is 5.41 Å². The molecule has 0 fully saturated rings. The van der Waals surface area contributed by atoms with E-state index in [-0.39, 0.29) is 16.2 Å². The lowest BCUT2D eigenvalue weighted by atomic mass is 9.90. The van der Waals surface area contributed by atoms with Crippen LogP contribution in [0.2, 0.25) is 0 Å². The summed E-state index contributed by atoms with van der Waals surface area (Å²) in [5.74, 6) is 0. The topological polar surface area (TPSA) is 105 Å². The number of rotatable bonds is 6. The van der Waals surface area contributed by atoms with Crippen LogP contribution in [0.5, 0.6) is 0 Å². The molecule has 0 aliphatic carbocycles. The molecule has 0 aliphatic rings. The van der Waals surface area contributed by atoms with E-state index in [1.54, 1.807) is 0 Å². The highest BCUT2D eigenvalue weighted by Crippen LogP contribution is 2.25. The van der Waals surface area contributed by atoms with Crippen molar-refractivity contribution in [2.24, 2.45) is 10.6 Å². The second-order valence-corrected chi connectivity index (χ2v) is 7.34. The fourth-order valence-electron chi connectivity index (χ4n) is 1.18. The Morgan fingerprint density at radius 1 is 1.59 bits per heavy atom. The lowest BCUT2D eigenvalue weighted by molar-refractivity contribution is 0.220. The van der Waals surface area contributed by atoms with Crippen molar-refractivity contribution in [2.45, 2.75) is 24.5 Å². The van der Waals surface area contributed by atoms with E-state index in [2.05, 4.69) is 10.3 Å². The number of aliphatic hydroxyl groups is 1. The van der Waals surface area contributed by atoms with Gasteiger partial charge in [0.25, 0.3) is 0 Å². The maximum atomic E-state index is 11.0. The van der Waals surface area contributed by atoms with Gasteiger partial charge in [-0.1, -0.05) is 25.2 Å². The molecule has 0 unspecified atom stereocenters. The highest BCUT2D eigenvalue weighted by Gasteiger charge is 2.18. The van der Waals surface area contributed by atoms with E-state index >= 15 is 0 Å². The molecular formula is C9H17N3O3S2. The summed E-state index contributed by atoms with van der Waals surface area (Å²) >= 11 is 1.00. The number of nitrogens with zero attached hydrogens (tertiary/aromatic N) is 1. The number of hydrogen-bond donors (Lipinski definition) is 3. The van der Waals surface area contributed by atoms with Gasteiger partial charge in [0.2, 0.25) is 10.0 Å². The summed E-state index contributed by atoms with van der Waals surface area (Å²) in [6.45, 7) is 4.73. The fraction of sp³-hybridized carbons (Fsp3) is 0.667. The third kappa shape index (κ3) is 4.58. The van der Waals surface area contributed by atoms with E-state index in [1.807, 2.05) is 13.8 Å². The van der Waals surface area contributed by atoms with Crippen LogP contribution in [0.15, 0.2) is 10.4 Å². The molecule has 0 spiro atoms. The molecule has 0 amide bonds. The molecule has 1 aromatic rings. The summed E-state index contributed by atoms with van der Waals surface area (Å²) < 4.78 is 22.1. The third-order valence-electron chi connectivity index (χ3n) is 2.27. The van der Waals surface area contributed by atoms with Crippen LogP contribution in [0.4, 0.5) is 5.13 Å². The summed E-state index contributed by atoms with van der Waals surface area (Å²) in [6, 6.07) is 0. The van der Waals surface area contributed by atoms with E-state index in [0.29, 0.717) is 18.1 Å². The Hall–Kier alpha value is -0.700. The summed E-state index contributed by atoms with van der Waals surface area (Å²) in [5.41, 5.74) is -0.0812. The van der Waals surface area contributed by atoms with Crippen molar-refractivity contribution in [3.8, 4) is 0 Å². The highest BCUT2D eigenvalue weighted by molar-refractivity contribution is 7.91. The van der Waals surface area contributed by atoms with E-state index in [9.17, 15) is 8.42 Å². The summed E-state index contributed by atoms with van der Waals surface area (Å²) in [4.78, 5) is 3.93. The minimum Gasteiger partial charge on any atom is -0.396 e. The van der Waals surface area contributed by atoms with Crippen molar-refractivity contribution in [1.29, 1.82) is 0 Å². The second-order valence-electron chi connectivity index (χ2n) is 4.52. The van der Waals surface area contributed by atoms with Gasteiger partial charge < -0.3 is 10.4 Å². The van der Waals surface area contributed by atoms with Gasteiger partial charge in [0.05, 0.1) is 6.20 Å². The van der Waals surface area contributed by atoms with Crippen molar-refractivity contribution in [3.63, 3.8) is 0 Å². The fourth-order valence-corrected chi connectivity index (χ4v) is 2.63. The van der Waals surface area contributed by atoms with Crippen LogP contribution in [0.3, 0.4) is 0 Å². The maximum absolute atomic E-state index is 11.0. The normalized spacial score (nSPS) is 12.7. The number of nitrogens with one attached hydrogen (secondary N) is 1. The zero-order valence-electron chi connectivity index (χ0n) is 9.80. The Morgan fingerprint density at radius 3 is 2.71 bits per heavy atom. The first-order valence-electron chi connectivity index (χ1n) is 5.08. The minimum atomic E-state index is -3.67. The van der Waals surface area contributed by atoms with Crippen LogP contribution in [-0.4, -0.2) is 31.7 Å². The van der Waals surface area contributed by atoms with Gasteiger partial charge in [0.15, 0.2) is 9.34 Å². The first-order valence-corrected chi connectivity index (χ1v) is 7.44. The van der Waals surface area contributed by atoms with E-state index < -0.39 is 10.0 Å². The van der Waals surface area contributed by atoms with Crippen LogP contribution in [0.25, 0.3) is 0 Å². The number of thiazole rings is 1. The summed E-state index contributed by atoms with van der Waals surface area (Å²) in [5, 5.41) is 17.4. The van der Waals surface area contributed by atoms with E-state index in [1.165, 1.54) is 6.20 Å². The maximum Gasteiger partial charge on any atom is 0.249 e. The van der Waals surface area contributed by atoms with Gasteiger partial charge in [-0.15, -0.1) is 0 Å². The molecule has 0 aromatic carbocycles. The molecule has 1 rings (SSSR count). The van der Waals surface area contributed by atoms with Crippen molar-refractivity contribution < 1.29 is 13.5 Å². The molecule has 1 aromatic heterocycles. The molecule has 0 saturated heterocycles. The standard InChI is InChI=1S/C9H17N3O3S2/c1-9(2,3-4-13)6-12-8-11-5-7(16-8)17(10,14)15/h5,13H,3-4,6H2,1-2H3,(H,11,12)(H2,10,14,15). The Kier molecular flexibility index (Phi) is 4.48. The molecule has 0 radical (unpaired) electrons. The zero-order chi connectivity index (χ0) is 13.1. The van der Waals surface area contributed by atoms with Gasteiger partial charge in [-0.05, 0) is 11.8 Å². The molecule has 6 nitrogen and oxygen atoms in total. The van der Waals surface area contributed by atoms with Crippen molar-refractivity contribution in [2.75, 3.05) is 18.5 Å². The second kappa shape index (κ2) is 5.30. The molecular weight excluding hydrogens is 262 g/mol. The third-order valence-corrected chi connectivity index (χ3v) is 4.63. The largest absolute Gasteiger partial charge is 0.396 e. The quantitative estimate of drug-likeness (QED) is 0.707. The molecule has 0 saturated carbocycles. The van der Waals surface area contributed by atoms with Crippen LogP contribution in [0.1, 0.15) is 20.3 Å². The average Bonchev–Trinajstić information content (AvgIpc) is 2.62. The number of aliphatic hydroxyl groups excluding tert-OH is 1. The molecule has 1 heterocycles. The predicted molar refractivity (Wildman–Crippen MR) is 67.5 cm³/mol. The first kappa shape index (κ1) is 14.4. The Bertz CT molecular complexity index is 468. The van der Waals surface area contributed by atoms with Gasteiger partial charge >= 0.3 is 0 Å². The van der Waals surface area contributed by atoms with Gasteiger partial charge in [-0.25, -0.2) is 18.5 Å². The molecule has 0 aliphatic heterocycles. The molecule has 98 valence electrons. The smallest absolute Gasteiger partial charge is 0.249 e. The predicted octanol–water partition coefficient (Wildman–Crippen LogP) is 0.611. The Balaban J connectivity index is 2.62. The molecule has 4 N–H and O–H groups in total. The monoisotopic (exact) mass is 279 g/mol. The average molecular weight is 279 g/mol. The lowest BCUT2D eigenvalue weighted by Gasteiger charge is -2.23. The number of nitrogens with two attached hydrogens (primary N) is 1. The molecule has 0 bridgehead atoms. The number of aromatic nitrogens is 1. The minimum absolute atomic E-state index is 0.0416. The van der Waals surface area contributed by atoms with E-state index in [0.717, 1.165) is 11.3 Å². The number of anilines is 1. The van der Waals surface area contributed by atoms with Gasteiger partial charge in [-0.3, -0.25) is 0 Å². The van der Waals surface area contributed by atoms with E-state index in [4.69, 9.17) is 10.2 Å². The van der Waals surface area contributed by atoms with Crippen molar-refractivity contribution >= 4 is 26.5 Å². The van der Waals surface area contributed by atoms with Gasteiger partial charge in [0.1, 0.15) is 0 Å². The lowest BCUT2D eigenvalue weighted by Crippen LogP contribution is -2.24. The Morgan fingerprint density at radius 2 is 2.24 bits per heavy atom. The van der Waals surface area contributed by atoms with Crippen LogP contribution in [-0.2, 0) is 10.0 Å².